The number of hydrogen-bond acceptors (Lipinski definition) is 3. The molecule has 0 aromatic heterocycles. The minimum Gasteiger partial charge on any atom is -0.508 e. The molecule has 0 amide bonds. The molecule has 3 aromatic rings. The Kier molecular flexibility index (Phi) is 4.76. The average molecular weight is 425 g/mol. The second-order valence-electron chi connectivity index (χ2n) is 10.4. The molecule has 1 aliphatic carbocycles. The number of benzene rings is 3. The molecule has 0 bridgehead atoms. The summed E-state index contributed by atoms with van der Waals surface area (Å²) in [6, 6.07) is 26.3. The van der Waals surface area contributed by atoms with Gasteiger partial charge in [0.1, 0.15) is 5.75 Å². The summed E-state index contributed by atoms with van der Waals surface area (Å²) in [5.41, 5.74) is 7.33. The van der Waals surface area contributed by atoms with Gasteiger partial charge >= 0.3 is 0 Å². The molecule has 2 unspecified atom stereocenters. The fraction of sp³-hybridized carbons (Fsp3) is 0.379. The van der Waals surface area contributed by atoms with E-state index in [2.05, 4.69) is 77.5 Å². The normalized spacial score (nSPS) is 24.3. The number of hydrogen-bond donors (Lipinski definition) is 1. The Labute approximate surface area is 191 Å². The Morgan fingerprint density at radius 1 is 0.875 bits per heavy atom. The van der Waals surface area contributed by atoms with Crippen LogP contribution in [-0.2, 0) is 6.42 Å². The zero-order chi connectivity index (χ0) is 21.7. The molecule has 3 aliphatic rings. The average Bonchev–Trinajstić information content (AvgIpc) is 3.20. The highest BCUT2D eigenvalue weighted by Crippen LogP contribution is 2.47. The van der Waals surface area contributed by atoms with Gasteiger partial charge < -0.3 is 14.9 Å². The fourth-order valence-corrected chi connectivity index (χ4v) is 6.53. The number of aryl methyl sites for hydroxylation is 1. The number of phenols is 1. The second kappa shape index (κ2) is 7.67. The van der Waals surface area contributed by atoms with Crippen LogP contribution in [0, 0.1) is 5.41 Å². The molecule has 3 nitrogen and oxygen atoms in total. The fourth-order valence-electron chi connectivity index (χ4n) is 6.53. The monoisotopic (exact) mass is 424 g/mol. The first-order valence-corrected chi connectivity index (χ1v) is 12.0. The Morgan fingerprint density at radius 2 is 1.66 bits per heavy atom. The SMILES string of the molecule is CN1CCC2(C1)CN(c1ccc(C3c4ccc(O)cc4CCC3c3ccccc3)cc1)C2. The topological polar surface area (TPSA) is 26.7 Å². The van der Waals surface area contributed by atoms with Gasteiger partial charge in [-0.1, -0.05) is 48.5 Å². The lowest BCUT2D eigenvalue weighted by Crippen LogP contribution is -2.57. The van der Waals surface area contributed by atoms with Crippen molar-refractivity contribution in [2.45, 2.75) is 31.1 Å². The minimum atomic E-state index is 0.321. The highest BCUT2D eigenvalue weighted by Gasteiger charge is 2.46. The predicted octanol–water partition coefficient (Wildman–Crippen LogP) is 5.40. The van der Waals surface area contributed by atoms with E-state index >= 15 is 0 Å². The van der Waals surface area contributed by atoms with Crippen LogP contribution in [0.15, 0.2) is 72.8 Å². The zero-order valence-corrected chi connectivity index (χ0v) is 18.9. The Balaban J connectivity index is 1.30. The van der Waals surface area contributed by atoms with Gasteiger partial charge in [0.05, 0.1) is 0 Å². The van der Waals surface area contributed by atoms with Gasteiger partial charge in [0.15, 0.2) is 0 Å². The summed E-state index contributed by atoms with van der Waals surface area (Å²) in [4.78, 5) is 5.02. The van der Waals surface area contributed by atoms with Crippen LogP contribution in [0.25, 0.3) is 0 Å². The molecule has 6 rings (SSSR count). The van der Waals surface area contributed by atoms with Crippen LogP contribution >= 0.6 is 0 Å². The van der Waals surface area contributed by atoms with Gasteiger partial charge in [0, 0.05) is 36.7 Å². The van der Waals surface area contributed by atoms with Gasteiger partial charge in [-0.2, -0.15) is 0 Å². The molecule has 3 aromatic carbocycles. The number of phenolic OH excluding ortho intramolecular Hbond substituents is 1. The highest BCUT2D eigenvalue weighted by atomic mass is 16.3. The van der Waals surface area contributed by atoms with Gasteiger partial charge in [-0.05, 0) is 85.3 Å². The maximum atomic E-state index is 10.1. The van der Waals surface area contributed by atoms with Gasteiger partial charge in [-0.3, -0.25) is 0 Å². The van der Waals surface area contributed by atoms with E-state index in [-0.39, 0.29) is 0 Å². The van der Waals surface area contributed by atoms with Crippen molar-refractivity contribution in [3.05, 3.63) is 95.1 Å². The largest absolute Gasteiger partial charge is 0.508 e. The Hall–Kier alpha value is -2.78. The molecule has 2 atom stereocenters. The van der Waals surface area contributed by atoms with E-state index in [1.54, 1.807) is 0 Å². The third-order valence-corrected chi connectivity index (χ3v) is 8.12. The third-order valence-electron chi connectivity index (χ3n) is 8.12. The van der Waals surface area contributed by atoms with Crippen LogP contribution in [0.5, 0.6) is 5.75 Å². The number of aromatic hydroxyl groups is 1. The second-order valence-corrected chi connectivity index (χ2v) is 10.4. The molecule has 32 heavy (non-hydrogen) atoms. The quantitative estimate of drug-likeness (QED) is 0.610. The van der Waals surface area contributed by atoms with Crippen molar-refractivity contribution in [3.8, 4) is 5.75 Å². The summed E-state index contributed by atoms with van der Waals surface area (Å²) >= 11 is 0. The molecular formula is C29H32N2O. The number of nitrogens with zero attached hydrogens (tertiary/aromatic N) is 2. The zero-order valence-electron chi connectivity index (χ0n) is 18.9. The van der Waals surface area contributed by atoms with Gasteiger partial charge in [-0.25, -0.2) is 0 Å². The van der Waals surface area contributed by atoms with Gasteiger partial charge in [-0.15, -0.1) is 0 Å². The molecule has 1 spiro atoms. The van der Waals surface area contributed by atoms with E-state index in [1.807, 2.05) is 12.1 Å². The van der Waals surface area contributed by atoms with Crippen LogP contribution in [0.2, 0.25) is 0 Å². The molecule has 164 valence electrons. The number of fused-ring (bicyclic) bond motifs is 1. The van der Waals surface area contributed by atoms with Crippen molar-refractivity contribution in [2.24, 2.45) is 5.41 Å². The van der Waals surface area contributed by atoms with Crippen LogP contribution in [0.4, 0.5) is 5.69 Å². The van der Waals surface area contributed by atoms with Crippen molar-refractivity contribution < 1.29 is 5.11 Å². The van der Waals surface area contributed by atoms with Crippen LogP contribution in [0.1, 0.15) is 46.9 Å². The maximum absolute atomic E-state index is 10.1. The predicted molar refractivity (Wildman–Crippen MR) is 131 cm³/mol. The van der Waals surface area contributed by atoms with Crippen molar-refractivity contribution in [3.63, 3.8) is 0 Å². The Morgan fingerprint density at radius 3 is 2.38 bits per heavy atom. The van der Waals surface area contributed by atoms with E-state index in [4.69, 9.17) is 0 Å². The first kappa shape index (κ1) is 19.9. The van der Waals surface area contributed by atoms with Crippen LogP contribution < -0.4 is 4.90 Å². The van der Waals surface area contributed by atoms with E-state index in [0.29, 0.717) is 23.0 Å². The molecule has 2 heterocycles. The van der Waals surface area contributed by atoms with E-state index < -0.39 is 0 Å². The van der Waals surface area contributed by atoms with E-state index in [0.717, 1.165) is 12.8 Å². The first-order valence-electron chi connectivity index (χ1n) is 12.0. The number of rotatable bonds is 3. The summed E-state index contributed by atoms with van der Waals surface area (Å²) in [6.07, 6.45) is 3.46. The lowest BCUT2D eigenvalue weighted by Gasteiger charge is -2.49. The molecule has 2 fully saturated rings. The van der Waals surface area contributed by atoms with Crippen molar-refractivity contribution in [2.75, 3.05) is 38.1 Å². The molecular weight excluding hydrogens is 392 g/mol. The van der Waals surface area contributed by atoms with Crippen LogP contribution in [-0.4, -0.2) is 43.2 Å². The molecule has 1 N–H and O–H groups in total. The summed E-state index contributed by atoms with van der Waals surface area (Å²) < 4.78 is 0. The summed E-state index contributed by atoms with van der Waals surface area (Å²) in [5.74, 6) is 1.16. The molecule has 0 radical (unpaired) electrons. The number of anilines is 1. The smallest absolute Gasteiger partial charge is 0.115 e. The lowest BCUT2D eigenvalue weighted by atomic mass is 9.69. The standard InChI is InChI=1S/C29H32N2O/c1-30-16-15-29(18-30)19-31(20-29)24-10-7-22(8-11-24)28-26(21-5-3-2-4-6-21)13-9-23-17-25(32)12-14-27(23)28/h2-8,10-12,14,17,26,28,32H,9,13,15-16,18-20H2,1H3. The number of likely N-dealkylation sites (tertiary alicyclic amines) is 1. The maximum Gasteiger partial charge on any atom is 0.115 e. The molecule has 3 heteroatoms. The van der Waals surface area contributed by atoms with Crippen LogP contribution in [0.3, 0.4) is 0 Å². The van der Waals surface area contributed by atoms with Gasteiger partial charge in [0.2, 0.25) is 0 Å². The first-order chi connectivity index (χ1) is 15.6. The lowest BCUT2D eigenvalue weighted by molar-refractivity contribution is 0.218. The molecule has 2 saturated heterocycles. The van der Waals surface area contributed by atoms with Crippen molar-refractivity contribution in [1.82, 2.24) is 4.90 Å². The van der Waals surface area contributed by atoms with E-state index in [9.17, 15) is 5.11 Å². The minimum absolute atomic E-state index is 0.321. The van der Waals surface area contributed by atoms with Gasteiger partial charge in [0.25, 0.3) is 0 Å². The molecule has 0 saturated carbocycles. The summed E-state index contributed by atoms with van der Waals surface area (Å²) in [6.45, 7) is 4.86. The van der Waals surface area contributed by atoms with Crippen molar-refractivity contribution >= 4 is 5.69 Å². The van der Waals surface area contributed by atoms with Crippen molar-refractivity contribution in [1.29, 1.82) is 0 Å². The highest BCUT2D eigenvalue weighted by molar-refractivity contribution is 5.54. The van der Waals surface area contributed by atoms with E-state index in [1.165, 1.54) is 60.5 Å². The third kappa shape index (κ3) is 3.40. The molecule has 2 aliphatic heterocycles. The Bertz CT molecular complexity index is 1100. The summed E-state index contributed by atoms with van der Waals surface area (Å²) in [5, 5.41) is 10.1. The summed E-state index contributed by atoms with van der Waals surface area (Å²) in [7, 11) is 2.25.